The van der Waals surface area contributed by atoms with Crippen LogP contribution in [0.2, 0.25) is 0 Å². The number of rotatable bonds is 5. The summed E-state index contributed by atoms with van der Waals surface area (Å²) in [6, 6.07) is 0. The molecular weight excluding hydrogens is 346 g/mol. The van der Waals surface area contributed by atoms with Gasteiger partial charge in [-0.15, -0.1) is 0 Å². The minimum absolute atomic E-state index is 0.0506. The van der Waals surface area contributed by atoms with E-state index in [4.69, 9.17) is 4.74 Å². The van der Waals surface area contributed by atoms with Gasteiger partial charge in [0, 0.05) is 37.9 Å². The molecule has 1 N–H and O–H groups in total. The number of aromatic nitrogens is 6. The maximum absolute atomic E-state index is 9.23. The van der Waals surface area contributed by atoms with E-state index in [-0.39, 0.29) is 6.61 Å². The maximum Gasteiger partial charge on any atom is 0.225 e. The summed E-state index contributed by atoms with van der Waals surface area (Å²) in [5, 5.41) is 13.8. The number of morpholine rings is 1. The molecule has 0 aromatic carbocycles. The topological polar surface area (TPSA) is 94.1 Å². The molecule has 0 atom stereocenters. The fraction of sp³-hybridized carbons (Fsp3) is 0.444. The van der Waals surface area contributed by atoms with E-state index in [9.17, 15) is 5.11 Å². The Morgan fingerprint density at radius 1 is 1.11 bits per heavy atom. The summed E-state index contributed by atoms with van der Waals surface area (Å²) in [5.74, 6) is 1.47. The molecule has 9 nitrogen and oxygen atoms in total. The van der Waals surface area contributed by atoms with Crippen molar-refractivity contribution in [3.63, 3.8) is 0 Å². The van der Waals surface area contributed by atoms with Crippen molar-refractivity contribution in [1.82, 2.24) is 29.3 Å². The van der Waals surface area contributed by atoms with Crippen molar-refractivity contribution in [1.29, 1.82) is 0 Å². The van der Waals surface area contributed by atoms with E-state index in [1.165, 1.54) is 0 Å². The van der Waals surface area contributed by atoms with Crippen molar-refractivity contribution >= 4 is 5.95 Å². The molecule has 3 aromatic heterocycles. The highest BCUT2D eigenvalue weighted by atomic mass is 16.5. The van der Waals surface area contributed by atoms with Crippen LogP contribution in [-0.4, -0.2) is 67.3 Å². The SMILES string of the molecule is Cc1nn(CCO)c(C)c1-n1ccnc1-c1cnc(N2CCOCC2)nc1. The van der Waals surface area contributed by atoms with Gasteiger partial charge in [-0.05, 0) is 13.8 Å². The number of imidazole rings is 1. The average molecular weight is 369 g/mol. The highest BCUT2D eigenvalue weighted by molar-refractivity contribution is 5.59. The van der Waals surface area contributed by atoms with Crippen molar-refractivity contribution in [2.45, 2.75) is 20.4 Å². The van der Waals surface area contributed by atoms with Crippen LogP contribution in [0.25, 0.3) is 17.1 Å². The summed E-state index contributed by atoms with van der Waals surface area (Å²) in [5.41, 5.74) is 3.66. The van der Waals surface area contributed by atoms with Crippen LogP contribution in [0.4, 0.5) is 5.95 Å². The molecule has 3 aromatic rings. The fourth-order valence-electron chi connectivity index (χ4n) is 3.41. The van der Waals surface area contributed by atoms with E-state index in [1.54, 1.807) is 18.6 Å². The lowest BCUT2D eigenvalue weighted by atomic mass is 10.2. The molecule has 0 aliphatic carbocycles. The minimum atomic E-state index is 0.0506. The van der Waals surface area contributed by atoms with Gasteiger partial charge in [-0.25, -0.2) is 15.0 Å². The molecular formula is C18H23N7O2. The molecule has 1 saturated heterocycles. The number of hydrogen-bond acceptors (Lipinski definition) is 7. The largest absolute Gasteiger partial charge is 0.394 e. The van der Waals surface area contributed by atoms with Crippen molar-refractivity contribution in [2.75, 3.05) is 37.8 Å². The lowest BCUT2D eigenvalue weighted by molar-refractivity contribution is 0.122. The quantitative estimate of drug-likeness (QED) is 0.716. The Morgan fingerprint density at radius 2 is 1.85 bits per heavy atom. The van der Waals surface area contributed by atoms with Gasteiger partial charge in [0.1, 0.15) is 5.82 Å². The average Bonchev–Trinajstić information content (AvgIpc) is 3.27. The Labute approximate surface area is 157 Å². The first-order valence-electron chi connectivity index (χ1n) is 9.02. The van der Waals surface area contributed by atoms with Gasteiger partial charge < -0.3 is 14.7 Å². The molecule has 142 valence electrons. The number of aliphatic hydroxyl groups excluding tert-OH is 1. The third kappa shape index (κ3) is 3.31. The summed E-state index contributed by atoms with van der Waals surface area (Å²) in [4.78, 5) is 15.7. The van der Waals surface area contributed by atoms with Crippen molar-refractivity contribution < 1.29 is 9.84 Å². The van der Waals surface area contributed by atoms with E-state index in [0.717, 1.165) is 41.6 Å². The van der Waals surface area contributed by atoms with Crippen LogP contribution in [0.1, 0.15) is 11.4 Å². The van der Waals surface area contributed by atoms with Gasteiger partial charge >= 0.3 is 0 Å². The fourth-order valence-corrected chi connectivity index (χ4v) is 3.41. The van der Waals surface area contributed by atoms with Crippen molar-refractivity contribution in [2.24, 2.45) is 0 Å². The van der Waals surface area contributed by atoms with Gasteiger partial charge in [0.2, 0.25) is 5.95 Å². The maximum atomic E-state index is 9.23. The van der Waals surface area contributed by atoms with Crippen LogP contribution >= 0.6 is 0 Å². The molecule has 1 fully saturated rings. The highest BCUT2D eigenvalue weighted by Gasteiger charge is 2.18. The molecule has 0 bridgehead atoms. The summed E-state index contributed by atoms with van der Waals surface area (Å²) >= 11 is 0. The first kappa shape index (κ1) is 17.6. The Bertz CT molecular complexity index is 910. The zero-order chi connectivity index (χ0) is 18.8. The molecule has 0 spiro atoms. The normalized spacial score (nSPS) is 14.7. The molecule has 1 aliphatic heterocycles. The van der Waals surface area contributed by atoms with Gasteiger partial charge in [-0.2, -0.15) is 5.10 Å². The Hall–Kier alpha value is -2.78. The second-order valence-corrected chi connectivity index (χ2v) is 6.46. The van der Waals surface area contributed by atoms with E-state index in [1.807, 2.05) is 29.3 Å². The number of aryl methyl sites for hydroxylation is 1. The van der Waals surface area contributed by atoms with Crippen LogP contribution in [-0.2, 0) is 11.3 Å². The standard InChI is InChI=1S/C18H23N7O2/c1-13-16(14(2)25(22-13)5-8-26)24-4-3-19-17(24)15-11-20-18(21-12-15)23-6-9-27-10-7-23/h3-4,11-12,26H,5-10H2,1-2H3. The van der Waals surface area contributed by atoms with Crippen LogP contribution < -0.4 is 4.90 Å². The van der Waals surface area contributed by atoms with E-state index < -0.39 is 0 Å². The predicted molar refractivity (Wildman–Crippen MR) is 100.0 cm³/mol. The van der Waals surface area contributed by atoms with Gasteiger partial charge in [0.15, 0.2) is 0 Å². The molecule has 0 saturated carbocycles. The molecule has 0 radical (unpaired) electrons. The van der Waals surface area contributed by atoms with Gasteiger partial charge in [0.25, 0.3) is 0 Å². The lowest BCUT2D eigenvalue weighted by Crippen LogP contribution is -2.37. The monoisotopic (exact) mass is 369 g/mol. The molecule has 9 heteroatoms. The van der Waals surface area contributed by atoms with E-state index >= 15 is 0 Å². The smallest absolute Gasteiger partial charge is 0.225 e. The second-order valence-electron chi connectivity index (χ2n) is 6.46. The third-order valence-electron chi connectivity index (χ3n) is 4.73. The molecule has 0 unspecified atom stereocenters. The Kier molecular flexibility index (Phi) is 4.87. The van der Waals surface area contributed by atoms with E-state index in [2.05, 4.69) is 25.0 Å². The predicted octanol–water partition coefficient (Wildman–Crippen LogP) is 0.972. The van der Waals surface area contributed by atoms with Crippen LogP contribution in [0.15, 0.2) is 24.8 Å². The van der Waals surface area contributed by atoms with Gasteiger partial charge in [0.05, 0.1) is 49.0 Å². The zero-order valence-corrected chi connectivity index (χ0v) is 15.5. The first-order valence-corrected chi connectivity index (χ1v) is 9.02. The molecule has 27 heavy (non-hydrogen) atoms. The first-order chi connectivity index (χ1) is 13.2. The van der Waals surface area contributed by atoms with Crippen LogP contribution in [0.5, 0.6) is 0 Å². The summed E-state index contributed by atoms with van der Waals surface area (Å²) < 4.78 is 9.19. The number of aliphatic hydroxyl groups is 1. The number of ether oxygens (including phenoxy) is 1. The van der Waals surface area contributed by atoms with E-state index in [0.29, 0.717) is 25.7 Å². The van der Waals surface area contributed by atoms with Crippen LogP contribution in [0, 0.1) is 13.8 Å². The minimum Gasteiger partial charge on any atom is -0.394 e. The van der Waals surface area contributed by atoms with Crippen molar-refractivity contribution in [3.05, 3.63) is 36.2 Å². The summed E-state index contributed by atoms with van der Waals surface area (Å²) in [6.45, 7) is 7.47. The number of anilines is 1. The molecule has 0 amide bonds. The number of hydrogen-bond donors (Lipinski definition) is 1. The lowest BCUT2D eigenvalue weighted by Gasteiger charge is -2.26. The van der Waals surface area contributed by atoms with Gasteiger partial charge in [-0.3, -0.25) is 9.25 Å². The Morgan fingerprint density at radius 3 is 2.56 bits per heavy atom. The molecule has 1 aliphatic rings. The van der Waals surface area contributed by atoms with Gasteiger partial charge in [-0.1, -0.05) is 0 Å². The number of nitrogens with zero attached hydrogens (tertiary/aromatic N) is 7. The molecule has 4 heterocycles. The summed E-state index contributed by atoms with van der Waals surface area (Å²) in [6.07, 6.45) is 7.28. The Balaban J connectivity index is 1.66. The van der Waals surface area contributed by atoms with Crippen molar-refractivity contribution in [3.8, 4) is 17.1 Å². The zero-order valence-electron chi connectivity index (χ0n) is 15.5. The second kappa shape index (κ2) is 7.45. The summed E-state index contributed by atoms with van der Waals surface area (Å²) in [7, 11) is 0. The highest BCUT2D eigenvalue weighted by Crippen LogP contribution is 2.25. The molecule has 4 rings (SSSR count). The van der Waals surface area contributed by atoms with Crippen LogP contribution in [0.3, 0.4) is 0 Å². The third-order valence-corrected chi connectivity index (χ3v) is 4.73.